The Morgan fingerprint density at radius 3 is 2.46 bits per heavy atom. The highest BCUT2D eigenvalue weighted by Crippen LogP contribution is 2.42. The summed E-state index contributed by atoms with van der Waals surface area (Å²) in [5.41, 5.74) is -2.57. The molecule has 6 heteroatoms. The zero-order chi connectivity index (χ0) is 20.4. The monoisotopic (exact) mass is 389 g/mol. The molecule has 1 aliphatic rings. The van der Waals surface area contributed by atoms with Crippen LogP contribution in [0.15, 0.2) is 41.2 Å². The van der Waals surface area contributed by atoms with Gasteiger partial charge < -0.3 is 9.72 Å². The van der Waals surface area contributed by atoms with E-state index in [-0.39, 0.29) is 12.5 Å². The average molecular weight is 389 g/mol. The fraction of sp³-hybridized carbons (Fsp3) is 0.409. The molecule has 1 aromatic carbocycles. The van der Waals surface area contributed by atoms with E-state index in [2.05, 4.69) is 16.8 Å². The molecule has 1 aromatic heterocycles. The molecule has 0 bridgehead atoms. The van der Waals surface area contributed by atoms with E-state index in [4.69, 9.17) is 4.74 Å². The molecule has 1 unspecified atom stereocenters. The van der Waals surface area contributed by atoms with Gasteiger partial charge in [0.1, 0.15) is 0 Å². The number of aromatic nitrogens is 1. The second kappa shape index (κ2) is 7.84. The van der Waals surface area contributed by atoms with E-state index in [0.29, 0.717) is 23.2 Å². The highest BCUT2D eigenvalue weighted by Gasteiger charge is 2.58. The Bertz CT molecular complexity index is 950. The van der Waals surface area contributed by atoms with Gasteiger partial charge in [-0.1, -0.05) is 49.1 Å². The number of ether oxygens (including phenoxy) is 1. The Balaban J connectivity index is 2.15. The minimum absolute atomic E-state index is 0.0720. The third-order valence-corrected chi connectivity index (χ3v) is 4.83. The maximum Gasteiger partial charge on any atom is 0.433 e. The first-order valence-electron chi connectivity index (χ1n) is 9.27. The summed E-state index contributed by atoms with van der Waals surface area (Å²) in [5.74, 6) is 4.91. The molecule has 0 saturated heterocycles. The van der Waals surface area contributed by atoms with Crippen molar-refractivity contribution >= 4 is 0 Å². The molecule has 2 aromatic rings. The quantitative estimate of drug-likeness (QED) is 0.758. The summed E-state index contributed by atoms with van der Waals surface area (Å²) in [6.07, 6.45) is -2.86. The average Bonchev–Trinajstić information content (AvgIpc) is 3.47. The number of alkyl halides is 3. The molecule has 0 amide bonds. The maximum atomic E-state index is 14.4. The number of rotatable bonds is 5. The molecule has 28 heavy (non-hydrogen) atoms. The van der Waals surface area contributed by atoms with Gasteiger partial charge in [0.15, 0.2) is 0 Å². The van der Waals surface area contributed by atoms with Crippen molar-refractivity contribution in [3.8, 4) is 11.8 Å². The van der Waals surface area contributed by atoms with Crippen LogP contribution in [0.4, 0.5) is 13.2 Å². The van der Waals surface area contributed by atoms with Gasteiger partial charge in [0.25, 0.3) is 11.2 Å². The van der Waals surface area contributed by atoms with Crippen LogP contribution in [0.5, 0.6) is 0 Å². The molecule has 0 radical (unpaired) electrons. The summed E-state index contributed by atoms with van der Waals surface area (Å²) < 4.78 is 48.6. The lowest BCUT2D eigenvalue weighted by Gasteiger charge is -2.31. The number of halogens is 3. The van der Waals surface area contributed by atoms with E-state index in [1.165, 1.54) is 6.07 Å². The largest absolute Gasteiger partial charge is 0.433 e. The van der Waals surface area contributed by atoms with Gasteiger partial charge in [0, 0.05) is 11.6 Å². The highest BCUT2D eigenvalue weighted by molar-refractivity contribution is 5.38. The van der Waals surface area contributed by atoms with Crippen molar-refractivity contribution in [1.82, 2.24) is 4.98 Å². The Kier molecular flexibility index (Phi) is 5.66. The Labute approximate surface area is 161 Å². The van der Waals surface area contributed by atoms with Gasteiger partial charge in [-0.25, -0.2) is 0 Å². The topological polar surface area (TPSA) is 42.1 Å². The van der Waals surface area contributed by atoms with Crippen LogP contribution >= 0.6 is 0 Å². The van der Waals surface area contributed by atoms with Gasteiger partial charge >= 0.3 is 6.18 Å². The molecule has 1 N–H and O–H groups in total. The highest BCUT2D eigenvalue weighted by atomic mass is 19.4. The van der Waals surface area contributed by atoms with Crippen LogP contribution < -0.4 is 5.56 Å². The van der Waals surface area contributed by atoms with Crippen molar-refractivity contribution < 1.29 is 17.9 Å². The number of hydrogen-bond acceptors (Lipinski definition) is 2. The molecule has 148 valence electrons. The van der Waals surface area contributed by atoms with E-state index in [1.54, 1.807) is 37.3 Å². The first-order chi connectivity index (χ1) is 13.3. The van der Waals surface area contributed by atoms with Gasteiger partial charge in [-0.2, -0.15) is 13.2 Å². The van der Waals surface area contributed by atoms with Crippen LogP contribution in [0.1, 0.15) is 42.1 Å². The van der Waals surface area contributed by atoms with Crippen molar-refractivity contribution in [1.29, 1.82) is 0 Å². The number of benzene rings is 1. The lowest BCUT2D eigenvalue weighted by molar-refractivity contribution is -0.263. The summed E-state index contributed by atoms with van der Waals surface area (Å²) >= 11 is 0. The zero-order valence-electron chi connectivity index (χ0n) is 15.8. The number of hydrogen-bond donors (Lipinski definition) is 1. The van der Waals surface area contributed by atoms with E-state index in [1.807, 2.05) is 6.92 Å². The third-order valence-electron chi connectivity index (χ3n) is 4.83. The predicted molar refractivity (Wildman–Crippen MR) is 101 cm³/mol. The third kappa shape index (κ3) is 4.15. The smallest absolute Gasteiger partial charge is 0.345 e. The molecule has 1 heterocycles. The van der Waals surface area contributed by atoms with Gasteiger partial charge in [-0.05, 0) is 43.4 Å². The zero-order valence-corrected chi connectivity index (χ0v) is 15.8. The minimum atomic E-state index is -4.88. The lowest BCUT2D eigenvalue weighted by Crippen LogP contribution is -2.47. The number of aromatic amines is 1. The standard InChI is InChI=1S/C22H22F3NO2/c1-3-18-13-19(20(27)26-15(18)2)21(22(23,24)25,12-11-16-9-10-16)28-14-17-7-5-4-6-8-17/h4-8,13,16H,3,9-10,14H2,1-2H3,(H,26,27). The second-order valence-electron chi connectivity index (χ2n) is 7.01. The van der Waals surface area contributed by atoms with Crippen molar-refractivity contribution in [3.05, 3.63) is 69.1 Å². The van der Waals surface area contributed by atoms with Crippen LogP contribution in [-0.2, 0) is 23.4 Å². The normalized spacial score (nSPS) is 16.2. The first-order valence-corrected chi connectivity index (χ1v) is 9.27. The molecular formula is C22H22F3NO2. The van der Waals surface area contributed by atoms with Gasteiger partial charge in [-0.15, -0.1) is 0 Å². The van der Waals surface area contributed by atoms with Gasteiger partial charge in [0.05, 0.1) is 12.2 Å². The van der Waals surface area contributed by atoms with Crippen molar-refractivity contribution in [2.45, 2.75) is 51.5 Å². The SMILES string of the molecule is CCc1cc(C(C#CC2CC2)(OCc2ccccc2)C(F)(F)F)c(=O)[nH]c1C. The van der Waals surface area contributed by atoms with Crippen LogP contribution in [0.3, 0.4) is 0 Å². The van der Waals surface area contributed by atoms with Gasteiger partial charge in [-0.3, -0.25) is 4.79 Å². The maximum absolute atomic E-state index is 14.4. The summed E-state index contributed by atoms with van der Waals surface area (Å²) in [6, 6.07) is 9.84. The second-order valence-corrected chi connectivity index (χ2v) is 7.01. The van der Waals surface area contributed by atoms with E-state index >= 15 is 0 Å². The summed E-state index contributed by atoms with van der Waals surface area (Å²) in [7, 11) is 0. The fourth-order valence-electron chi connectivity index (χ4n) is 2.98. The summed E-state index contributed by atoms with van der Waals surface area (Å²) in [4.78, 5) is 15.1. The molecule has 1 saturated carbocycles. The van der Waals surface area contributed by atoms with Gasteiger partial charge in [0.2, 0.25) is 0 Å². The summed E-state index contributed by atoms with van der Waals surface area (Å²) in [6.45, 7) is 3.18. The number of nitrogens with one attached hydrogen (secondary N) is 1. The van der Waals surface area contributed by atoms with Crippen molar-refractivity contribution in [2.75, 3.05) is 0 Å². The van der Waals surface area contributed by atoms with Crippen LogP contribution in [0.25, 0.3) is 0 Å². The number of pyridine rings is 1. The molecule has 1 aliphatic carbocycles. The van der Waals surface area contributed by atoms with Crippen molar-refractivity contribution in [2.24, 2.45) is 5.92 Å². The number of H-pyrrole nitrogens is 1. The van der Waals surface area contributed by atoms with E-state index in [9.17, 15) is 18.0 Å². The Morgan fingerprint density at radius 1 is 1.21 bits per heavy atom. The molecule has 0 spiro atoms. The Hall–Kier alpha value is -2.52. The molecular weight excluding hydrogens is 367 g/mol. The first kappa shape index (κ1) is 20.2. The fourth-order valence-corrected chi connectivity index (χ4v) is 2.98. The Morgan fingerprint density at radius 2 is 1.89 bits per heavy atom. The lowest BCUT2D eigenvalue weighted by atomic mass is 9.91. The van der Waals surface area contributed by atoms with Crippen LogP contribution in [0.2, 0.25) is 0 Å². The molecule has 3 nitrogen and oxygen atoms in total. The minimum Gasteiger partial charge on any atom is -0.345 e. The predicted octanol–water partition coefficient (Wildman–Crippen LogP) is 4.63. The van der Waals surface area contributed by atoms with Crippen LogP contribution in [-0.4, -0.2) is 11.2 Å². The molecule has 1 atom stereocenters. The molecule has 1 fully saturated rings. The van der Waals surface area contributed by atoms with E-state index < -0.39 is 22.9 Å². The molecule has 0 aliphatic heterocycles. The van der Waals surface area contributed by atoms with Crippen molar-refractivity contribution in [3.63, 3.8) is 0 Å². The number of aryl methyl sites for hydroxylation is 2. The van der Waals surface area contributed by atoms with E-state index in [0.717, 1.165) is 12.8 Å². The summed E-state index contributed by atoms with van der Waals surface area (Å²) in [5, 5.41) is 0. The van der Waals surface area contributed by atoms with Crippen LogP contribution in [0, 0.1) is 24.7 Å². The molecule has 3 rings (SSSR count).